The summed E-state index contributed by atoms with van der Waals surface area (Å²) in [5, 5.41) is -1.33. The van der Waals surface area contributed by atoms with Crippen molar-refractivity contribution in [1.82, 2.24) is 0 Å². The molecule has 0 heterocycles. The number of rotatable bonds is 3. The summed E-state index contributed by atoms with van der Waals surface area (Å²) >= 11 is 4.74. The van der Waals surface area contributed by atoms with Crippen LogP contribution in [-0.4, -0.2) is 11.3 Å². The third-order valence-corrected chi connectivity index (χ3v) is 3.55. The second-order valence-electron chi connectivity index (χ2n) is 3.77. The molecule has 0 radical (unpaired) electrons. The summed E-state index contributed by atoms with van der Waals surface area (Å²) in [6.45, 7) is 1.07. The molecule has 0 aliphatic rings. The molecule has 0 aliphatic heterocycles. The Labute approximate surface area is 119 Å². The standard InChI is InChI=1S/C11H7ClF6OS/c1-5(19)9(12)6-2-3-8(20-11(16,17)18)7(4-6)10(13,14)15/h2-4,9H,1H3. The molecule has 0 saturated carbocycles. The Balaban J connectivity index is 3.31. The first-order valence-electron chi connectivity index (χ1n) is 5.03. The van der Waals surface area contributed by atoms with Crippen LogP contribution < -0.4 is 0 Å². The molecule has 0 aliphatic carbocycles. The fourth-order valence-corrected chi connectivity index (χ4v) is 2.18. The summed E-state index contributed by atoms with van der Waals surface area (Å²) < 4.78 is 74.9. The lowest BCUT2D eigenvalue weighted by molar-refractivity contribution is -0.140. The topological polar surface area (TPSA) is 17.1 Å². The van der Waals surface area contributed by atoms with E-state index in [0.29, 0.717) is 12.1 Å². The van der Waals surface area contributed by atoms with E-state index in [4.69, 9.17) is 11.6 Å². The zero-order chi connectivity index (χ0) is 15.7. The smallest absolute Gasteiger partial charge is 0.298 e. The first-order valence-corrected chi connectivity index (χ1v) is 6.28. The second-order valence-corrected chi connectivity index (χ2v) is 5.32. The van der Waals surface area contributed by atoms with E-state index in [0.717, 1.165) is 13.0 Å². The average molecular weight is 337 g/mol. The summed E-state index contributed by atoms with van der Waals surface area (Å²) in [4.78, 5) is 10.0. The van der Waals surface area contributed by atoms with Gasteiger partial charge in [0.05, 0.1) is 5.56 Å². The molecule has 0 spiro atoms. The van der Waals surface area contributed by atoms with E-state index in [2.05, 4.69) is 0 Å². The Bertz CT molecular complexity index is 511. The van der Waals surface area contributed by atoms with Crippen LogP contribution in [-0.2, 0) is 11.0 Å². The molecule has 1 rings (SSSR count). The Kier molecular flexibility index (Phi) is 5.02. The molecule has 9 heteroatoms. The van der Waals surface area contributed by atoms with Crippen molar-refractivity contribution in [2.75, 3.05) is 0 Å². The molecule has 1 nitrogen and oxygen atoms in total. The van der Waals surface area contributed by atoms with Crippen LogP contribution in [0.5, 0.6) is 0 Å². The van der Waals surface area contributed by atoms with Gasteiger partial charge in [0.1, 0.15) is 5.38 Å². The summed E-state index contributed by atoms with van der Waals surface area (Å²) in [7, 11) is 0. The summed E-state index contributed by atoms with van der Waals surface area (Å²) in [6, 6.07) is 2.10. The minimum Gasteiger partial charge on any atom is -0.298 e. The molecule has 112 valence electrons. The average Bonchev–Trinajstić information content (AvgIpc) is 2.24. The lowest BCUT2D eigenvalue weighted by atomic mass is 10.1. The normalized spacial score (nSPS) is 14.2. The van der Waals surface area contributed by atoms with Gasteiger partial charge in [0.2, 0.25) is 0 Å². The summed E-state index contributed by atoms with van der Waals surface area (Å²) in [5.41, 5.74) is -6.51. The Hall–Kier alpha value is -0.890. The predicted molar refractivity (Wildman–Crippen MR) is 62.6 cm³/mol. The van der Waals surface area contributed by atoms with E-state index < -0.39 is 45.1 Å². The van der Waals surface area contributed by atoms with Gasteiger partial charge in [-0.1, -0.05) is 6.07 Å². The molecule has 0 bridgehead atoms. The van der Waals surface area contributed by atoms with E-state index in [9.17, 15) is 31.1 Å². The number of carbonyl (C=O) groups excluding carboxylic acids is 1. The van der Waals surface area contributed by atoms with Crippen molar-refractivity contribution >= 4 is 29.1 Å². The molecule has 1 aromatic carbocycles. The van der Waals surface area contributed by atoms with Gasteiger partial charge in [0.25, 0.3) is 0 Å². The second kappa shape index (κ2) is 5.85. The fourth-order valence-electron chi connectivity index (χ4n) is 1.38. The van der Waals surface area contributed by atoms with Gasteiger partial charge in [-0.25, -0.2) is 0 Å². The number of hydrogen-bond acceptors (Lipinski definition) is 2. The Morgan fingerprint density at radius 3 is 2.15 bits per heavy atom. The van der Waals surface area contributed by atoms with Gasteiger partial charge in [-0.3, -0.25) is 4.79 Å². The van der Waals surface area contributed by atoms with E-state index in [-0.39, 0.29) is 5.56 Å². The van der Waals surface area contributed by atoms with Crippen molar-refractivity contribution in [2.45, 2.75) is 28.9 Å². The Morgan fingerprint density at radius 2 is 1.75 bits per heavy atom. The Morgan fingerprint density at radius 1 is 1.20 bits per heavy atom. The number of thioether (sulfide) groups is 1. The van der Waals surface area contributed by atoms with Gasteiger partial charge in [-0.05, 0) is 36.4 Å². The molecular formula is C11H7ClF6OS. The van der Waals surface area contributed by atoms with Crippen LogP contribution in [0.1, 0.15) is 23.4 Å². The molecule has 1 atom stereocenters. The van der Waals surface area contributed by atoms with Crippen LogP contribution in [0.4, 0.5) is 26.3 Å². The SMILES string of the molecule is CC(=O)C(Cl)c1ccc(SC(F)(F)F)c(C(F)(F)F)c1. The molecule has 0 fully saturated rings. The summed E-state index contributed by atoms with van der Waals surface area (Å²) in [6.07, 6.45) is -4.98. The van der Waals surface area contributed by atoms with Crippen molar-refractivity contribution in [3.63, 3.8) is 0 Å². The lowest BCUT2D eigenvalue weighted by Gasteiger charge is -2.16. The first-order chi connectivity index (χ1) is 8.92. The van der Waals surface area contributed by atoms with Gasteiger partial charge in [-0.15, -0.1) is 11.6 Å². The van der Waals surface area contributed by atoms with Crippen molar-refractivity contribution in [3.05, 3.63) is 29.3 Å². The molecule has 1 aromatic rings. The highest BCUT2D eigenvalue weighted by atomic mass is 35.5. The van der Waals surface area contributed by atoms with Crippen LogP contribution >= 0.6 is 23.4 Å². The van der Waals surface area contributed by atoms with Crippen molar-refractivity contribution in [3.8, 4) is 0 Å². The zero-order valence-electron chi connectivity index (χ0n) is 9.77. The van der Waals surface area contributed by atoms with Crippen molar-refractivity contribution in [2.24, 2.45) is 0 Å². The quantitative estimate of drug-likeness (QED) is 0.429. The first kappa shape index (κ1) is 17.2. The van der Waals surface area contributed by atoms with Crippen molar-refractivity contribution < 1.29 is 31.1 Å². The van der Waals surface area contributed by atoms with Crippen LogP contribution in [0.2, 0.25) is 0 Å². The van der Waals surface area contributed by atoms with Gasteiger partial charge < -0.3 is 0 Å². The number of hydrogen-bond donors (Lipinski definition) is 0. The molecule has 20 heavy (non-hydrogen) atoms. The number of benzene rings is 1. The molecule has 0 aromatic heterocycles. The number of halogens is 7. The number of carbonyl (C=O) groups is 1. The number of ketones is 1. The lowest BCUT2D eigenvalue weighted by Crippen LogP contribution is -2.11. The highest BCUT2D eigenvalue weighted by Crippen LogP contribution is 2.44. The van der Waals surface area contributed by atoms with E-state index in [1.165, 1.54) is 0 Å². The monoisotopic (exact) mass is 336 g/mol. The molecular weight excluding hydrogens is 330 g/mol. The van der Waals surface area contributed by atoms with Crippen LogP contribution in [0.25, 0.3) is 0 Å². The number of alkyl halides is 7. The maximum absolute atomic E-state index is 12.8. The van der Waals surface area contributed by atoms with Crippen molar-refractivity contribution in [1.29, 1.82) is 0 Å². The van der Waals surface area contributed by atoms with E-state index in [1.54, 1.807) is 0 Å². The highest BCUT2D eigenvalue weighted by Gasteiger charge is 2.39. The fraction of sp³-hybridized carbons (Fsp3) is 0.364. The maximum atomic E-state index is 12.8. The van der Waals surface area contributed by atoms with E-state index in [1.807, 2.05) is 0 Å². The van der Waals surface area contributed by atoms with E-state index >= 15 is 0 Å². The zero-order valence-corrected chi connectivity index (χ0v) is 11.3. The molecule has 1 unspecified atom stereocenters. The van der Waals surface area contributed by atoms with Crippen LogP contribution in [0.3, 0.4) is 0 Å². The van der Waals surface area contributed by atoms with Gasteiger partial charge >= 0.3 is 11.7 Å². The predicted octanol–water partition coefficient (Wildman–Crippen LogP) is 5.19. The molecule has 0 N–H and O–H groups in total. The van der Waals surface area contributed by atoms with Crippen LogP contribution in [0, 0.1) is 0 Å². The molecule has 0 saturated heterocycles. The van der Waals surface area contributed by atoms with Gasteiger partial charge in [0.15, 0.2) is 5.78 Å². The van der Waals surface area contributed by atoms with Crippen LogP contribution in [0.15, 0.2) is 23.1 Å². The minimum absolute atomic E-state index is 0.196. The van der Waals surface area contributed by atoms with Gasteiger partial charge in [0, 0.05) is 4.90 Å². The maximum Gasteiger partial charge on any atom is 0.446 e. The number of Topliss-reactive ketones (excluding diaryl/α,β-unsaturated/α-hetero) is 1. The minimum atomic E-state index is -4.98. The highest BCUT2D eigenvalue weighted by molar-refractivity contribution is 8.00. The molecule has 0 amide bonds. The third kappa shape index (κ3) is 4.59. The summed E-state index contributed by atoms with van der Waals surface area (Å²) in [5.74, 6) is -0.601. The van der Waals surface area contributed by atoms with Gasteiger partial charge in [-0.2, -0.15) is 26.3 Å². The third-order valence-electron chi connectivity index (χ3n) is 2.18. The largest absolute Gasteiger partial charge is 0.446 e.